The van der Waals surface area contributed by atoms with E-state index in [0.717, 1.165) is 27.9 Å². The number of hydrogen-bond donors (Lipinski definition) is 2. The van der Waals surface area contributed by atoms with Gasteiger partial charge in [-0.3, -0.25) is 4.79 Å². The maximum absolute atomic E-state index is 11.6. The maximum atomic E-state index is 11.6. The standard InChI is InChI=1S/C14H13NO3S/c16-13-9(14(17)18)6-12-10(15-13)7-11(19-12)8-4-2-1-3-5-8/h4,6-7H,1-3,5H2,(H,15,16)(H,17,18). The van der Waals surface area contributed by atoms with E-state index in [0.29, 0.717) is 0 Å². The van der Waals surface area contributed by atoms with Crippen LogP contribution in [0.4, 0.5) is 0 Å². The van der Waals surface area contributed by atoms with E-state index in [4.69, 9.17) is 5.11 Å². The van der Waals surface area contributed by atoms with Crippen molar-refractivity contribution < 1.29 is 9.90 Å². The van der Waals surface area contributed by atoms with Gasteiger partial charge in [0.2, 0.25) is 0 Å². The summed E-state index contributed by atoms with van der Waals surface area (Å²) < 4.78 is 0.818. The van der Waals surface area contributed by atoms with Crippen molar-refractivity contribution in [3.05, 3.63) is 39.0 Å². The molecule has 0 radical (unpaired) electrons. The highest BCUT2D eigenvalue weighted by Crippen LogP contribution is 2.34. The lowest BCUT2D eigenvalue weighted by Crippen LogP contribution is -2.16. The van der Waals surface area contributed by atoms with Crippen molar-refractivity contribution in [2.75, 3.05) is 0 Å². The van der Waals surface area contributed by atoms with Crippen LogP contribution in [0.1, 0.15) is 40.9 Å². The molecule has 3 rings (SSSR count). The topological polar surface area (TPSA) is 70.2 Å². The van der Waals surface area contributed by atoms with E-state index in [1.807, 2.05) is 6.07 Å². The SMILES string of the molecule is O=C(O)c1cc2sc(C3=CCCCC3)cc2[nH]c1=O. The number of carboxylic acids is 1. The van der Waals surface area contributed by atoms with E-state index < -0.39 is 11.5 Å². The second-order valence-corrected chi connectivity index (χ2v) is 5.76. The Balaban J connectivity index is 2.13. The van der Waals surface area contributed by atoms with Gasteiger partial charge in [-0.1, -0.05) is 6.08 Å². The van der Waals surface area contributed by atoms with Gasteiger partial charge in [0, 0.05) is 4.88 Å². The third kappa shape index (κ3) is 2.21. The Morgan fingerprint density at radius 3 is 2.84 bits per heavy atom. The number of allylic oxidation sites excluding steroid dienone is 2. The van der Waals surface area contributed by atoms with Crippen molar-refractivity contribution in [2.24, 2.45) is 0 Å². The molecule has 1 aliphatic rings. The van der Waals surface area contributed by atoms with Gasteiger partial charge in [-0.25, -0.2) is 4.79 Å². The number of nitrogens with one attached hydrogen (secondary N) is 1. The van der Waals surface area contributed by atoms with Gasteiger partial charge in [0.05, 0.1) is 10.2 Å². The highest BCUT2D eigenvalue weighted by molar-refractivity contribution is 7.20. The molecule has 98 valence electrons. The van der Waals surface area contributed by atoms with Gasteiger partial charge in [0.15, 0.2) is 0 Å². The summed E-state index contributed by atoms with van der Waals surface area (Å²) in [5.74, 6) is -1.19. The highest BCUT2D eigenvalue weighted by Gasteiger charge is 2.14. The Labute approximate surface area is 113 Å². The first-order chi connectivity index (χ1) is 9.15. The first kappa shape index (κ1) is 12.2. The number of thiophene rings is 1. The molecule has 0 spiro atoms. The van der Waals surface area contributed by atoms with Crippen LogP contribution in [-0.2, 0) is 0 Å². The number of hydrogen-bond acceptors (Lipinski definition) is 3. The Kier molecular flexibility index (Phi) is 2.98. The minimum atomic E-state index is -1.19. The van der Waals surface area contributed by atoms with Gasteiger partial charge < -0.3 is 10.1 Å². The number of fused-ring (bicyclic) bond motifs is 1. The van der Waals surface area contributed by atoms with Crippen LogP contribution in [0.3, 0.4) is 0 Å². The number of carboxylic acid groups (broad SMARTS) is 1. The van der Waals surface area contributed by atoms with E-state index in [-0.39, 0.29) is 5.56 Å². The van der Waals surface area contributed by atoms with Crippen molar-refractivity contribution in [2.45, 2.75) is 25.7 Å². The maximum Gasteiger partial charge on any atom is 0.341 e. The molecule has 4 nitrogen and oxygen atoms in total. The molecular weight excluding hydrogens is 262 g/mol. The van der Waals surface area contributed by atoms with E-state index in [9.17, 15) is 9.59 Å². The molecule has 2 N–H and O–H groups in total. The molecule has 2 aromatic rings. The van der Waals surface area contributed by atoms with Crippen molar-refractivity contribution >= 4 is 33.1 Å². The minimum Gasteiger partial charge on any atom is -0.477 e. The molecule has 0 atom stereocenters. The number of aromatic nitrogens is 1. The van der Waals surface area contributed by atoms with Crippen LogP contribution in [0.25, 0.3) is 15.8 Å². The van der Waals surface area contributed by atoms with Crippen molar-refractivity contribution in [1.82, 2.24) is 4.98 Å². The first-order valence-electron chi connectivity index (χ1n) is 6.25. The molecule has 0 amide bonds. The Hall–Kier alpha value is -1.88. The van der Waals surface area contributed by atoms with Gasteiger partial charge in [-0.2, -0.15) is 0 Å². The second-order valence-electron chi connectivity index (χ2n) is 4.68. The number of H-pyrrole nitrogens is 1. The van der Waals surface area contributed by atoms with Gasteiger partial charge in [0.1, 0.15) is 5.56 Å². The summed E-state index contributed by atoms with van der Waals surface area (Å²) in [4.78, 5) is 26.3. The second kappa shape index (κ2) is 4.66. The zero-order valence-electron chi connectivity index (χ0n) is 10.2. The molecule has 2 heterocycles. The zero-order valence-corrected chi connectivity index (χ0v) is 11.0. The highest BCUT2D eigenvalue weighted by atomic mass is 32.1. The molecule has 2 aromatic heterocycles. The van der Waals surface area contributed by atoms with E-state index in [1.165, 1.54) is 24.5 Å². The summed E-state index contributed by atoms with van der Waals surface area (Å²) in [7, 11) is 0. The zero-order chi connectivity index (χ0) is 13.4. The average molecular weight is 275 g/mol. The van der Waals surface area contributed by atoms with Gasteiger partial charge in [-0.05, 0) is 43.4 Å². The third-order valence-corrected chi connectivity index (χ3v) is 4.52. The van der Waals surface area contributed by atoms with Crippen LogP contribution in [0.2, 0.25) is 0 Å². The van der Waals surface area contributed by atoms with E-state index >= 15 is 0 Å². The molecule has 0 fully saturated rings. The van der Waals surface area contributed by atoms with E-state index in [2.05, 4.69) is 11.1 Å². The van der Waals surface area contributed by atoms with Gasteiger partial charge in [-0.15, -0.1) is 11.3 Å². The number of rotatable bonds is 2. The first-order valence-corrected chi connectivity index (χ1v) is 7.06. The monoisotopic (exact) mass is 275 g/mol. The number of aromatic amines is 1. The van der Waals surface area contributed by atoms with Crippen LogP contribution in [0.5, 0.6) is 0 Å². The molecule has 19 heavy (non-hydrogen) atoms. The van der Waals surface area contributed by atoms with Crippen LogP contribution in [0, 0.1) is 0 Å². The average Bonchev–Trinajstić information content (AvgIpc) is 2.81. The third-order valence-electron chi connectivity index (χ3n) is 3.37. The molecule has 0 bridgehead atoms. The lowest BCUT2D eigenvalue weighted by Gasteiger charge is -2.09. The summed E-state index contributed by atoms with van der Waals surface area (Å²) in [6.07, 6.45) is 6.82. The van der Waals surface area contributed by atoms with Crippen molar-refractivity contribution in [1.29, 1.82) is 0 Å². The van der Waals surface area contributed by atoms with Gasteiger partial charge in [0.25, 0.3) is 5.56 Å². The van der Waals surface area contributed by atoms with Crippen LogP contribution < -0.4 is 5.56 Å². The van der Waals surface area contributed by atoms with Crippen molar-refractivity contribution in [3.63, 3.8) is 0 Å². The summed E-state index contributed by atoms with van der Waals surface area (Å²) in [6, 6.07) is 3.41. The molecule has 0 aromatic carbocycles. The fourth-order valence-electron chi connectivity index (χ4n) is 2.38. The van der Waals surface area contributed by atoms with Crippen molar-refractivity contribution in [3.8, 4) is 0 Å². The lowest BCUT2D eigenvalue weighted by atomic mass is 9.98. The molecule has 0 saturated carbocycles. The molecule has 1 aliphatic carbocycles. The number of carbonyl (C=O) groups is 1. The number of aromatic carboxylic acids is 1. The van der Waals surface area contributed by atoms with E-state index in [1.54, 1.807) is 11.3 Å². The van der Waals surface area contributed by atoms with Crippen LogP contribution in [0.15, 0.2) is 23.0 Å². The smallest absolute Gasteiger partial charge is 0.341 e. The fourth-order valence-corrected chi connectivity index (χ4v) is 3.50. The summed E-state index contributed by atoms with van der Waals surface area (Å²) in [5, 5.41) is 8.95. The van der Waals surface area contributed by atoms with Crippen LogP contribution in [-0.4, -0.2) is 16.1 Å². The predicted molar refractivity (Wildman–Crippen MR) is 75.9 cm³/mol. The quantitative estimate of drug-likeness (QED) is 0.883. The predicted octanol–water partition coefficient (Wildman–Crippen LogP) is 3.25. The Morgan fingerprint density at radius 2 is 2.16 bits per heavy atom. The largest absolute Gasteiger partial charge is 0.477 e. The molecule has 5 heteroatoms. The lowest BCUT2D eigenvalue weighted by molar-refractivity contribution is 0.0695. The summed E-state index contributed by atoms with van der Waals surface area (Å²) >= 11 is 1.54. The summed E-state index contributed by atoms with van der Waals surface area (Å²) in [6.45, 7) is 0. The van der Waals surface area contributed by atoms with Crippen LogP contribution >= 0.6 is 11.3 Å². The Morgan fingerprint density at radius 1 is 1.32 bits per heavy atom. The molecular formula is C14H13NO3S. The molecule has 0 unspecified atom stereocenters. The molecule has 0 aliphatic heterocycles. The fraction of sp³-hybridized carbons (Fsp3) is 0.286. The molecule has 0 saturated heterocycles. The minimum absolute atomic E-state index is 0.196. The Bertz CT molecular complexity index is 739. The van der Waals surface area contributed by atoms with Gasteiger partial charge >= 0.3 is 5.97 Å². The number of pyridine rings is 1. The normalized spacial score (nSPS) is 15.5. The summed E-state index contributed by atoms with van der Waals surface area (Å²) in [5.41, 5.74) is 1.30.